The van der Waals surface area contributed by atoms with E-state index in [9.17, 15) is 14.4 Å². The van der Waals surface area contributed by atoms with Gasteiger partial charge in [0.15, 0.2) is 0 Å². The number of hydrogen-bond donors (Lipinski definition) is 2. The lowest BCUT2D eigenvalue weighted by molar-refractivity contribution is -0.166. The number of benzene rings is 1. The third-order valence-electron chi connectivity index (χ3n) is 8.76. The van der Waals surface area contributed by atoms with Crippen molar-refractivity contribution in [1.29, 1.82) is 0 Å². The lowest BCUT2D eigenvalue weighted by Crippen LogP contribution is -2.65. The number of morpholine rings is 1. The summed E-state index contributed by atoms with van der Waals surface area (Å²) in [7, 11) is 0. The summed E-state index contributed by atoms with van der Waals surface area (Å²) in [5.74, 6) is -1.20. The highest BCUT2D eigenvalue weighted by Gasteiger charge is 2.57. The summed E-state index contributed by atoms with van der Waals surface area (Å²) < 4.78 is 5.50. The molecule has 1 unspecified atom stereocenters. The molecule has 2 fully saturated rings. The molecule has 3 aliphatic heterocycles. The number of carbonyl (C=O) groups excluding carboxylic acids is 3. The number of rotatable bonds is 6. The predicted octanol–water partition coefficient (Wildman–Crippen LogP) is 2.41. The van der Waals surface area contributed by atoms with Crippen LogP contribution in [0.15, 0.2) is 48.7 Å². The van der Waals surface area contributed by atoms with Gasteiger partial charge in [0.25, 0.3) is 0 Å². The van der Waals surface area contributed by atoms with Gasteiger partial charge in [-0.3, -0.25) is 19.4 Å². The van der Waals surface area contributed by atoms with E-state index < -0.39 is 17.4 Å². The minimum Gasteiger partial charge on any atom is -0.378 e. The number of nitrogens with zero attached hydrogens (tertiary/aromatic N) is 3. The van der Waals surface area contributed by atoms with Crippen LogP contribution < -0.4 is 5.32 Å². The van der Waals surface area contributed by atoms with Gasteiger partial charge < -0.3 is 24.8 Å². The van der Waals surface area contributed by atoms with Crippen molar-refractivity contribution in [2.45, 2.75) is 38.1 Å². The van der Waals surface area contributed by atoms with Crippen LogP contribution >= 0.6 is 0 Å². The Morgan fingerprint density at radius 2 is 1.92 bits per heavy atom. The third-order valence-corrected chi connectivity index (χ3v) is 8.76. The number of carbonyl (C=O) groups is 3. The summed E-state index contributed by atoms with van der Waals surface area (Å²) >= 11 is 0. The lowest BCUT2D eigenvalue weighted by Gasteiger charge is -2.54. The second kappa shape index (κ2) is 10.4. The monoisotopic (exact) mass is 529 g/mol. The van der Waals surface area contributed by atoms with Crippen LogP contribution in [0, 0.1) is 11.8 Å². The molecule has 3 aliphatic rings. The Morgan fingerprint density at radius 3 is 2.72 bits per heavy atom. The Balaban J connectivity index is 1.27. The molecule has 2 aromatic heterocycles. The zero-order valence-electron chi connectivity index (χ0n) is 22.3. The van der Waals surface area contributed by atoms with Gasteiger partial charge in [0, 0.05) is 73.4 Å². The Bertz CT molecular complexity index is 1380. The molecule has 2 N–H and O–H groups in total. The molecule has 3 aromatic rings. The van der Waals surface area contributed by atoms with Gasteiger partial charge in [-0.2, -0.15) is 0 Å². The van der Waals surface area contributed by atoms with E-state index in [1.54, 1.807) is 6.20 Å². The molecule has 0 aliphatic carbocycles. The van der Waals surface area contributed by atoms with Crippen molar-refractivity contribution < 1.29 is 19.1 Å². The molecule has 0 spiro atoms. The standard InChI is InChI=1S/C30H35N5O4/c1-30-24(29(38)34-14-16-39-17-15-34)18-20(19-26(36)32-12-9-21-6-4-5-11-31-21)28(37)35(30)13-10-23-22-7-2-3-8-25(22)33-27(23)30/h2-8,11,20,24,33H,9-10,12-19H2,1H3,(H,32,36)/t20?,24-,30+/m1/s1. The van der Waals surface area contributed by atoms with E-state index in [1.807, 2.05) is 53.1 Å². The second-order valence-corrected chi connectivity index (χ2v) is 11.0. The van der Waals surface area contributed by atoms with E-state index in [4.69, 9.17) is 4.74 Å². The van der Waals surface area contributed by atoms with Gasteiger partial charge in [0.05, 0.1) is 24.7 Å². The van der Waals surface area contributed by atoms with Crippen molar-refractivity contribution in [2.24, 2.45) is 11.8 Å². The highest BCUT2D eigenvalue weighted by atomic mass is 16.5. The average molecular weight is 530 g/mol. The first-order valence-electron chi connectivity index (χ1n) is 13.9. The second-order valence-electron chi connectivity index (χ2n) is 11.0. The van der Waals surface area contributed by atoms with Crippen molar-refractivity contribution in [2.75, 3.05) is 39.4 Å². The van der Waals surface area contributed by atoms with E-state index >= 15 is 0 Å². The summed E-state index contributed by atoms with van der Waals surface area (Å²) in [6.45, 7) is 5.11. The highest BCUT2D eigenvalue weighted by molar-refractivity contribution is 5.93. The molecule has 3 atom stereocenters. The summed E-state index contributed by atoms with van der Waals surface area (Å²) in [6.07, 6.45) is 3.47. The van der Waals surface area contributed by atoms with Crippen LogP contribution in [-0.2, 0) is 37.5 Å². The maximum atomic E-state index is 14.1. The Labute approximate surface area is 227 Å². The summed E-state index contributed by atoms with van der Waals surface area (Å²) in [4.78, 5) is 52.7. The molecule has 6 rings (SSSR count). The van der Waals surface area contributed by atoms with Gasteiger partial charge in [0.2, 0.25) is 17.7 Å². The molecule has 0 radical (unpaired) electrons. The molecular formula is C30H35N5O4. The van der Waals surface area contributed by atoms with Crippen LogP contribution in [0.3, 0.4) is 0 Å². The van der Waals surface area contributed by atoms with Crippen molar-refractivity contribution in [3.8, 4) is 0 Å². The topological polar surface area (TPSA) is 108 Å². The number of para-hydroxylation sites is 1. The van der Waals surface area contributed by atoms with E-state index in [-0.39, 0.29) is 24.1 Å². The fraction of sp³-hybridized carbons (Fsp3) is 0.467. The minimum absolute atomic E-state index is 0.0327. The van der Waals surface area contributed by atoms with E-state index in [0.29, 0.717) is 58.7 Å². The summed E-state index contributed by atoms with van der Waals surface area (Å²) in [5, 5.41) is 4.10. The molecule has 0 saturated carbocycles. The fourth-order valence-electron chi connectivity index (χ4n) is 6.71. The van der Waals surface area contributed by atoms with Gasteiger partial charge >= 0.3 is 0 Å². The quantitative estimate of drug-likeness (QED) is 0.510. The highest BCUT2D eigenvalue weighted by Crippen LogP contribution is 2.50. The zero-order chi connectivity index (χ0) is 27.0. The maximum Gasteiger partial charge on any atom is 0.228 e. The Kier molecular flexibility index (Phi) is 6.85. The van der Waals surface area contributed by atoms with E-state index in [1.165, 1.54) is 5.56 Å². The first-order chi connectivity index (χ1) is 19.0. The number of fused-ring (bicyclic) bond motifs is 5. The maximum absolute atomic E-state index is 14.1. The van der Waals surface area contributed by atoms with Gasteiger partial charge in [-0.25, -0.2) is 0 Å². The number of aromatic nitrogens is 2. The van der Waals surface area contributed by atoms with Crippen LogP contribution in [-0.4, -0.2) is 76.9 Å². The number of nitrogens with one attached hydrogen (secondary N) is 2. The normalized spacial score (nSPS) is 24.8. The number of aromatic amines is 1. The SMILES string of the molecule is C[C@]12c3[nH]c4ccccc4c3CCN1C(=O)C(CC(=O)NCCc1ccccn1)C[C@@H]2C(=O)N1CCOCC1. The molecule has 39 heavy (non-hydrogen) atoms. The third kappa shape index (κ3) is 4.58. The molecule has 1 aromatic carbocycles. The average Bonchev–Trinajstić information content (AvgIpc) is 3.35. The van der Waals surface area contributed by atoms with Gasteiger partial charge in [-0.15, -0.1) is 0 Å². The molecule has 2 saturated heterocycles. The number of hydrogen-bond acceptors (Lipinski definition) is 5. The van der Waals surface area contributed by atoms with Gasteiger partial charge in [0.1, 0.15) is 0 Å². The summed E-state index contributed by atoms with van der Waals surface area (Å²) in [6, 6.07) is 13.9. The van der Waals surface area contributed by atoms with Crippen molar-refractivity contribution in [3.05, 3.63) is 65.6 Å². The van der Waals surface area contributed by atoms with Crippen molar-refractivity contribution in [3.63, 3.8) is 0 Å². The molecule has 3 amide bonds. The molecule has 9 nitrogen and oxygen atoms in total. The van der Waals surface area contributed by atoms with Crippen LogP contribution in [0.2, 0.25) is 0 Å². The molecule has 204 valence electrons. The lowest BCUT2D eigenvalue weighted by atomic mass is 9.67. The smallest absolute Gasteiger partial charge is 0.228 e. The van der Waals surface area contributed by atoms with Gasteiger partial charge in [-0.05, 0) is 43.5 Å². The number of ether oxygens (including phenoxy) is 1. The van der Waals surface area contributed by atoms with Crippen LogP contribution in [0.5, 0.6) is 0 Å². The summed E-state index contributed by atoms with van der Waals surface area (Å²) in [5.41, 5.74) is 3.24. The van der Waals surface area contributed by atoms with E-state index in [0.717, 1.165) is 22.3 Å². The minimum atomic E-state index is -0.814. The van der Waals surface area contributed by atoms with Crippen LogP contribution in [0.25, 0.3) is 10.9 Å². The first kappa shape index (κ1) is 25.6. The number of amides is 3. The first-order valence-corrected chi connectivity index (χ1v) is 13.9. The zero-order valence-corrected chi connectivity index (χ0v) is 22.3. The fourth-order valence-corrected chi connectivity index (χ4v) is 6.71. The molecule has 5 heterocycles. The predicted molar refractivity (Wildman–Crippen MR) is 146 cm³/mol. The van der Waals surface area contributed by atoms with E-state index in [2.05, 4.69) is 21.4 Å². The molecular weight excluding hydrogens is 494 g/mol. The van der Waals surface area contributed by atoms with Crippen LogP contribution in [0.1, 0.15) is 36.7 Å². The van der Waals surface area contributed by atoms with Crippen molar-refractivity contribution in [1.82, 2.24) is 25.1 Å². The molecule has 0 bridgehead atoms. The molecule has 9 heteroatoms. The largest absolute Gasteiger partial charge is 0.378 e. The van der Waals surface area contributed by atoms with Crippen molar-refractivity contribution >= 4 is 28.6 Å². The Hall–Kier alpha value is -3.72. The van der Waals surface area contributed by atoms with Crippen LogP contribution in [0.4, 0.5) is 0 Å². The number of pyridine rings is 1. The number of H-pyrrole nitrogens is 1. The number of piperidine rings is 1. The Morgan fingerprint density at radius 1 is 1.13 bits per heavy atom. The van der Waals surface area contributed by atoms with Gasteiger partial charge in [-0.1, -0.05) is 24.3 Å².